The fourth-order valence-corrected chi connectivity index (χ4v) is 2.10. The fourth-order valence-electron chi connectivity index (χ4n) is 2.10. The summed E-state index contributed by atoms with van der Waals surface area (Å²) in [6.07, 6.45) is -6.24. The van der Waals surface area contributed by atoms with E-state index in [1.807, 2.05) is 0 Å². The van der Waals surface area contributed by atoms with Crippen LogP contribution in [0.2, 0.25) is 0 Å². The van der Waals surface area contributed by atoms with Crippen molar-refractivity contribution in [3.8, 4) is 0 Å². The Morgan fingerprint density at radius 2 is 1.58 bits per heavy atom. The molecule has 1 aliphatic heterocycles. The minimum absolute atomic E-state index is 0.416. The van der Waals surface area contributed by atoms with Crippen LogP contribution in [0.1, 0.15) is 27.7 Å². The Kier molecular flexibility index (Phi) is 5.22. The molecule has 0 spiro atoms. The lowest BCUT2D eigenvalue weighted by atomic mass is 9.83. The average Bonchev–Trinajstić information content (AvgIpc) is 2.27. The SMILES string of the molecule is CC(=O)OC1OC(C(F)F)[C@@H](C)[C@H](C)C1OC(C)=O. The molecular formula is C12H18F2O5. The fraction of sp³-hybridized carbons (Fsp3) is 0.833. The number of carbonyl (C=O) groups excluding carboxylic acids is 2. The van der Waals surface area contributed by atoms with Crippen molar-refractivity contribution in [2.24, 2.45) is 11.8 Å². The number of hydrogen-bond donors (Lipinski definition) is 0. The first kappa shape index (κ1) is 15.8. The van der Waals surface area contributed by atoms with Crippen molar-refractivity contribution in [1.29, 1.82) is 0 Å². The van der Waals surface area contributed by atoms with Crippen molar-refractivity contribution < 1.29 is 32.6 Å². The lowest BCUT2D eigenvalue weighted by molar-refractivity contribution is -0.283. The van der Waals surface area contributed by atoms with Crippen LogP contribution >= 0.6 is 0 Å². The third-order valence-corrected chi connectivity index (χ3v) is 3.26. The Morgan fingerprint density at radius 1 is 1.05 bits per heavy atom. The van der Waals surface area contributed by atoms with Gasteiger partial charge in [-0.05, 0) is 5.92 Å². The van der Waals surface area contributed by atoms with Crippen LogP contribution in [-0.2, 0) is 23.8 Å². The number of alkyl halides is 2. The smallest absolute Gasteiger partial charge is 0.305 e. The second kappa shape index (κ2) is 6.27. The van der Waals surface area contributed by atoms with Crippen LogP contribution < -0.4 is 0 Å². The van der Waals surface area contributed by atoms with Gasteiger partial charge in [0, 0.05) is 19.8 Å². The van der Waals surface area contributed by atoms with E-state index in [1.54, 1.807) is 13.8 Å². The molecular weight excluding hydrogens is 262 g/mol. The van der Waals surface area contributed by atoms with Crippen LogP contribution in [0.15, 0.2) is 0 Å². The second-order valence-corrected chi connectivity index (χ2v) is 4.71. The molecule has 0 aromatic rings. The molecule has 19 heavy (non-hydrogen) atoms. The molecule has 5 atom stereocenters. The van der Waals surface area contributed by atoms with Crippen molar-refractivity contribution in [1.82, 2.24) is 0 Å². The summed E-state index contributed by atoms with van der Waals surface area (Å²) in [5, 5.41) is 0. The van der Waals surface area contributed by atoms with Gasteiger partial charge in [0.25, 0.3) is 6.43 Å². The number of hydrogen-bond acceptors (Lipinski definition) is 5. The predicted molar refractivity (Wildman–Crippen MR) is 60.3 cm³/mol. The first-order valence-corrected chi connectivity index (χ1v) is 6.02. The Morgan fingerprint density at radius 3 is 2.00 bits per heavy atom. The van der Waals surface area contributed by atoms with E-state index in [-0.39, 0.29) is 0 Å². The first-order chi connectivity index (χ1) is 8.73. The highest BCUT2D eigenvalue weighted by molar-refractivity contribution is 5.67. The molecule has 7 heteroatoms. The van der Waals surface area contributed by atoms with Gasteiger partial charge in [-0.1, -0.05) is 13.8 Å². The molecule has 0 bridgehead atoms. The zero-order valence-electron chi connectivity index (χ0n) is 11.3. The topological polar surface area (TPSA) is 61.8 Å². The van der Waals surface area contributed by atoms with E-state index in [9.17, 15) is 18.4 Å². The summed E-state index contributed by atoms with van der Waals surface area (Å²) in [7, 11) is 0. The second-order valence-electron chi connectivity index (χ2n) is 4.71. The summed E-state index contributed by atoms with van der Waals surface area (Å²) in [5.41, 5.74) is 0. The van der Waals surface area contributed by atoms with E-state index in [0.717, 1.165) is 6.92 Å². The zero-order valence-corrected chi connectivity index (χ0v) is 11.3. The first-order valence-electron chi connectivity index (χ1n) is 6.02. The van der Waals surface area contributed by atoms with Crippen molar-refractivity contribution in [2.75, 3.05) is 0 Å². The third kappa shape index (κ3) is 3.86. The highest BCUT2D eigenvalue weighted by Gasteiger charge is 2.48. The van der Waals surface area contributed by atoms with E-state index in [2.05, 4.69) is 0 Å². The molecule has 0 N–H and O–H groups in total. The molecule has 1 aliphatic rings. The van der Waals surface area contributed by atoms with Gasteiger partial charge < -0.3 is 14.2 Å². The molecule has 0 radical (unpaired) electrons. The molecule has 0 saturated carbocycles. The van der Waals surface area contributed by atoms with Gasteiger partial charge in [-0.15, -0.1) is 0 Å². The summed E-state index contributed by atoms with van der Waals surface area (Å²) in [6, 6.07) is 0. The van der Waals surface area contributed by atoms with Crippen molar-refractivity contribution in [3.05, 3.63) is 0 Å². The Labute approximate surface area is 110 Å². The number of esters is 2. The Hall–Kier alpha value is -1.24. The normalized spacial score (nSPS) is 35.0. The van der Waals surface area contributed by atoms with E-state index >= 15 is 0 Å². The molecule has 0 aromatic heterocycles. The zero-order chi connectivity index (χ0) is 14.7. The highest BCUT2D eigenvalue weighted by atomic mass is 19.3. The summed E-state index contributed by atoms with van der Waals surface area (Å²) >= 11 is 0. The summed E-state index contributed by atoms with van der Waals surface area (Å²) in [4.78, 5) is 22.0. The lowest BCUT2D eigenvalue weighted by Gasteiger charge is -2.42. The van der Waals surface area contributed by atoms with Gasteiger partial charge in [0.2, 0.25) is 6.29 Å². The van der Waals surface area contributed by atoms with Gasteiger partial charge >= 0.3 is 11.9 Å². The standard InChI is InChI=1S/C12H18F2O5/c1-5-6(2)10(17-7(3)15)12(18-8(4)16)19-9(5)11(13)14/h5-6,9-12H,1-4H3/t5-,6-,9?,10?,12?/m0/s1. The van der Waals surface area contributed by atoms with E-state index < -0.39 is 48.7 Å². The van der Waals surface area contributed by atoms with E-state index in [4.69, 9.17) is 14.2 Å². The minimum Gasteiger partial charge on any atom is -0.456 e. The van der Waals surface area contributed by atoms with Gasteiger partial charge in [-0.3, -0.25) is 9.59 Å². The van der Waals surface area contributed by atoms with Gasteiger partial charge in [-0.25, -0.2) is 8.78 Å². The maximum atomic E-state index is 12.9. The number of halogens is 2. The van der Waals surface area contributed by atoms with Gasteiger partial charge in [0.15, 0.2) is 6.10 Å². The van der Waals surface area contributed by atoms with Crippen LogP contribution in [0.25, 0.3) is 0 Å². The van der Waals surface area contributed by atoms with Crippen LogP contribution in [0.4, 0.5) is 8.78 Å². The average molecular weight is 280 g/mol. The monoisotopic (exact) mass is 280 g/mol. The van der Waals surface area contributed by atoms with Gasteiger partial charge in [0.05, 0.1) is 0 Å². The number of rotatable bonds is 3. The molecule has 5 nitrogen and oxygen atoms in total. The number of ether oxygens (including phenoxy) is 3. The quantitative estimate of drug-likeness (QED) is 0.737. The van der Waals surface area contributed by atoms with Crippen molar-refractivity contribution in [3.63, 3.8) is 0 Å². The molecule has 0 amide bonds. The van der Waals surface area contributed by atoms with E-state index in [0.29, 0.717) is 0 Å². The van der Waals surface area contributed by atoms with Gasteiger partial charge in [-0.2, -0.15) is 0 Å². The maximum Gasteiger partial charge on any atom is 0.305 e. The Balaban J connectivity index is 2.92. The van der Waals surface area contributed by atoms with Crippen LogP contribution in [0, 0.1) is 11.8 Å². The molecule has 1 heterocycles. The van der Waals surface area contributed by atoms with Gasteiger partial charge in [0.1, 0.15) is 6.10 Å². The van der Waals surface area contributed by atoms with Crippen LogP contribution in [0.3, 0.4) is 0 Å². The number of carbonyl (C=O) groups is 2. The molecule has 0 aliphatic carbocycles. The van der Waals surface area contributed by atoms with Crippen LogP contribution in [-0.4, -0.2) is 36.9 Å². The highest BCUT2D eigenvalue weighted by Crippen LogP contribution is 2.35. The molecule has 3 unspecified atom stereocenters. The molecule has 1 fully saturated rings. The lowest BCUT2D eigenvalue weighted by Crippen LogP contribution is -2.54. The third-order valence-electron chi connectivity index (χ3n) is 3.26. The summed E-state index contributed by atoms with van der Waals surface area (Å²) < 4.78 is 40.7. The Bertz CT molecular complexity index is 347. The largest absolute Gasteiger partial charge is 0.456 e. The van der Waals surface area contributed by atoms with Crippen molar-refractivity contribution in [2.45, 2.75) is 52.6 Å². The van der Waals surface area contributed by atoms with Crippen LogP contribution in [0.5, 0.6) is 0 Å². The molecule has 1 rings (SSSR count). The van der Waals surface area contributed by atoms with Crippen molar-refractivity contribution >= 4 is 11.9 Å². The molecule has 0 aromatic carbocycles. The maximum absolute atomic E-state index is 12.9. The minimum atomic E-state index is -2.70. The molecule has 110 valence electrons. The van der Waals surface area contributed by atoms with E-state index in [1.165, 1.54) is 6.92 Å². The summed E-state index contributed by atoms with van der Waals surface area (Å²) in [6.45, 7) is 5.57. The summed E-state index contributed by atoms with van der Waals surface area (Å²) in [5.74, 6) is -2.21. The molecule has 1 saturated heterocycles. The predicted octanol–water partition coefficient (Wildman–Crippen LogP) is 1.74.